The van der Waals surface area contributed by atoms with Crippen LogP contribution in [0.25, 0.3) is 0 Å². The van der Waals surface area contributed by atoms with Gasteiger partial charge in [0.15, 0.2) is 0 Å². The number of aromatic nitrogens is 2. The van der Waals surface area contributed by atoms with Crippen molar-refractivity contribution in [1.29, 1.82) is 0 Å². The van der Waals surface area contributed by atoms with Gasteiger partial charge in [-0.05, 0) is 12.3 Å². The highest BCUT2D eigenvalue weighted by Gasteiger charge is 2.20. The zero-order valence-corrected chi connectivity index (χ0v) is 13.0. The molecule has 0 radical (unpaired) electrons. The largest absolute Gasteiger partial charge is 0.320 e. The van der Waals surface area contributed by atoms with Crippen LogP contribution in [-0.2, 0) is 18.3 Å². The number of nitrogens with one attached hydrogen (secondary N) is 1. The highest BCUT2D eigenvalue weighted by Crippen LogP contribution is 2.13. The Hall–Kier alpha value is -1.07. The molecule has 1 aromatic rings. The van der Waals surface area contributed by atoms with Crippen molar-refractivity contribution in [3.63, 3.8) is 0 Å². The van der Waals surface area contributed by atoms with Crippen LogP contribution in [0.4, 0.5) is 5.82 Å². The molecule has 0 aromatic carbocycles. The molecule has 0 saturated heterocycles. The van der Waals surface area contributed by atoms with Crippen molar-refractivity contribution in [2.24, 2.45) is 18.7 Å². The molecule has 1 amide bonds. The SMILES string of the molecule is CCCc1cc(NC(=O)C(N)C(C)CC)n(C)n1.Cl. The van der Waals surface area contributed by atoms with Crippen LogP contribution in [0.1, 0.15) is 39.3 Å². The van der Waals surface area contributed by atoms with Crippen LogP contribution in [-0.4, -0.2) is 21.7 Å². The Labute approximate surface area is 121 Å². The minimum Gasteiger partial charge on any atom is -0.320 e. The van der Waals surface area contributed by atoms with Gasteiger partial charge in [-0.2, -0.15) is 5.10 Å². The first-order chi connectivity index (χ1) is 8.49. The number of anilines is 1. The summed E-state index contributed by atoms with van der Waals surface area (Å²) in [7, 11) is 1.82. The molecule has 2 atom stereocenters. The van der Waals surface area contributed by atoms with Gasteiger partial charge >= 0.3 is 0 Å². The Kier molecular flexibility index (Phi) is 7.71. The van der Waals surface area contributed by atoms with Gasteiger partial charge in [-0.15, -0.1) is 12.4 Å². The van der Waals surface area contributed by atoms with Gasteiger partial charge in [0.2, 0.25) is 5.91 Å². The smallest absolute Gasteiger partial charge is 0.242 e. The molecule has 0 aliphatic rings. The van der Waals surface area contributed by atoms with Gasteiger partial charge in [-0.25, -0.2) is 0 Å². The Balaban J connectivity index is 0.00000324. The predicted octanol–water partition coefficient (Wildman–Crippen LogP) is 2.11. The number of amides is 1. The summed E-state index contributed by atoms with van der Waals surface area (Å²) in [4.78, 5) is 12.0. The Morgan fingerprint density at radius 3 is 2.68 bits per heavy atom. The zero-order valence-electron chi connectivity index (χ0n) is 12.1. The second kappa shape index (κ2) is 8.17. The number of nitrogens with zero attached hydrogens (tertiary/aromatic N) is 2. The summed E-state index contributed by atoms with van der Waals surface area (Å²) in [6, 6.07) is 1.43. The van der Waals surface area contributed by atoms with Gasteiger partial charge in [0, 0.05) is 13.1 Å². The molecule has 0 spiro atoms. The van der Waals surface area contributed by atoms with E-state index in [0.717, 1.165) is 25.0 Å². The van der Waals surface area contributed by atoms with E-state index in [1.54, 1.807) is 4.68 Å². The second-order valence-corrected chi connectivity index (χ2v) is 4.80. The first-order valence-electron chi connectivity index (χ1n) is 6.58. The van der Waals surface area contributed by atoms with Crippen LogP contribution >= 0.6 is 12.4 Å². The molecule has 110 valence electrons. The summed E-state index contributed by atoms with van der Waals surface area (Å²) in [6.45, 7) is 6.11. The van der Waals surface area contributed by atoms with Crippen LogP contribution < -0.4 is 11.1 Å². The maximum atomic E-state index is 12.0. The standard InChI is InChI=1S/C13H24N4O.ClH/c1-5-7-10-8-11(17(4)16-10)15-13(18)12(14)9(3)6-2;/h8-9,12H,5-7,14H2,1-4H3,(H,15,18);1H. The lowest BCUT2D eigenvalue weighted by Gasteiger charge is -2.17. The minimum atomic E-state index is -0.473. The minimum absolute atomic E-state index is 0. The fraction of sp³-hybridized carbons (Fsp3) is 0.692. The monoisotopic (exact) mass is 288 g/mol. The summed E-state index contributed by atoms with van der Waals surface area (Å²) in [5.74, 6) is 0.742. The Bertz CT molecular complexity index is 405. The lowest BCUT2D eigenvalue weighted by Crippen LogP contribution is -2.40. The second-order valence-electron chi connectivity index (χ2n) is 4.80. The first kappa shape index (κ1) is 17.9. The van der Waals surface area contributed by atoms with Crippen LogP contribution in [0.3, 0.4) is 0 Å². The molecule has 0 saturated carbocycles. The lowest BCUT2D eigenvalue weighted by atomic mass is 9.99. The van der Waals surface area contributed by atoms with Crippen LogP contribution in [0.2, 0.25) is 0 Å². The molecule has 1 aromatic heterocycles. The van der Waals surface area contributed by atoms with Gasteiger partial charge < -0.3 is 11.1 Å². The third kappa shape index (κ3) is 4.84. The highest BCUT2D eigenvalue weighted by atomic mass is 35.5. The van der Waals surface area contributed by atoms with Crippen LogP contribution in [0, 0.1) is 5.92 Å². The van der Waals surface area contributed by atoms with Crippen molar-refractivity contribution in [2.75, 3.05) is 5.32 Å². The van der Waals surface area contributed by atoms with Gasteiger partial charge in [0.25, 0.3) is 0 Å². The molecular weight excluding hydrogens is 264 g/mol. The van der Waals surface area contributed by atoms with Gasteiger partial charge in [0.1, 0.15) is 5.82 Å². The molecule has 0 aliphatic carbocycles. The topological polar surface area (TPSA) is 72.9 Å². The van der Waals surface area contributed by atoms with Crippen molar-refractivity contribution in [3.8, 4) is 0 Å². The van der Waals surface area contributed by atoms with Crippen molar-refractivity contribution >= 4 is 24.1 Å². The number of carbonyl (C=O) groups is 1. The summed E-state index contributed by atoms with van der Waals surface area (Å²) in [6.07, 6.45) is 2.85. The van der Waals surface area contributed by atoms with E-state index in [2.05, 4.69) is 17.3 Å². The lowest BCUT2D eigenvalue weighted by molar-refractivity contribution is -0.118. The molecule has 19 heavy (non-hydrogen) atoms. The van der Waals surface area contributed by atoms with Crippen molar-refractivity contribution in [3.05, 3.63) is 11.8 Å². The van der Waals surface area contributed by atoms with E-state index >= 15 is 0 Å². The normalized spacial score (nSPS) is 13.5. The molecule has 0 aliphatic heterocycles. The van der Waals surface area contributed by atoms with Crippen molar-refractivity contribution < 1.29 is 4.79 Å². The highest BCUT2D eigenvalue weighted by molar-refractivity contribution is 5.94. The van der Waals surface area contributed by atoms with E-state index in [-0.39, 0.29) is 24.2 Å². The quantitative estimate of drug-likeness (QED) is 0.842. The number of halogens is 1. The number of rotatable bonds is 6. The number of nitrogens with two attached hydrogens (primary N) is 1. The Morgan fingerprint density at radius 1 is 1.53 bits per heavy atom. The van der Waals surface area contributed by atoms with Crippen LogP contribution in [0.5, 0.6) is 0 Å². The molecule has 5 nitrogen and oxygen atoms in total. The van der Waals surface area contributed by atoms with Crippen molar-refractivity contribution in [1.82, 2.24) is 9.78 Å². The maximum Gasteiger partial charge on any atom is 0.242 e. The third-order valence-corrected chi connectivity index (χ3v) is 3.25. The van der Waals surface area contributed by atoms with E-state index in [9.17, 15) is 4.79 Å². The summed E-state index contributed by atoms with van der Waals surface area (Å²) < 4.78 is 1.69. The summed E-state index contributed by atoms with van der Waals surface area (Å²) in [5, 5.41) is 7.18. The molecule has 0 fully saturated rings. The van der Waals surface area contributed by atoms with E-state index in [1.165, 1.54) is 0 Å². The fourth-order valence-electron chi connectivity index (χ4n) is 1.74. The van der Waals surface area contributed by atoms with E-state index < -0.39 is 6.04 Å². The van der Waals surface area contributed by atoms with Crippen LogP contribution in [0.15, 0.2) is 6.07 Å². The molecule has 6 heteroatoms. The first-order valence-corrected chi connectivity index (χ1v) is 6.58. The van der Waals surface area contributed by atoms with Gasteiger partial charge in [0.05, 0.1) is 11.7 Å². The average Bonchev–Trinajstić information content (AvgIpc) is 2.68. The number of aryl methyl sites for hydroxylation is 2. The van der Waals surface area contributed by atoms with E-state index in [1.807, 2.05) is 27.0 Å². The Morgan fingerprint density at radius 2 is 2.16 bits per heavy atom. The van der Waals surface area contributed by atoms with Gasteiger partial charge in [-0.1, -0.05) is 33.6 Å². The average molecular weight is 289 g/mol. The molecule has 2 unspecified atom stereocenters. The van der Waals surface area contributed by atoms with E-state index in [0.29, 0.717) is 5.82 Å². The number of carbonyl (C=O) groups excluding carboxylic acids is 1. The molecule has 3 N–H and O–H groups in total. The number of hydrogen-bond acceptors (Lipinski definition) is 3. The molecular formula is C13H25ClN4O. The molecule has 0 bridgehead atoms. The fourth-order valence-corrected chi connectivity index (χ4v) is 1.74. The van der Waals surface area contributed by atoms with Gasteiger partial charge in [-0.3, -0.25) is 9.48 Å². The predicted molar refractivity (Wildman–Crippen MR) is 80.5 cm³/mol. The summed E-state index contributed by atoms with van der Waals surface area (Å²) >= 11 is 0. The maximum absolute atomic E-state index is 12.0. The zero-order chi connectivity index (χ0) is 13.7. The summed E-state index contributed by atoms with van der Waals surface area (Å²) in [5.41, 5.74) is 6.89. The third-order valence-electron chi connectivity index (χ3n) is 3.25. The molecule has 1 heterocycles. The van der Waals surface area contributed by atoms with E-state index in [4.69, 9.17) is 5.73 Å². The molecule has 1 rings (SSSR count). The van der Waals surface area contributed by atoms with Crippen molar-refractivity contribution in [2.45, 2.75) is 46.1 Å². The number of hydrogen-bond donors (Lipinski definition) is 2.